The summed E-state index contributed by atoms with van der Waals surface area (Å²) in [5.41, 5.74) is 2.34. The average Bonchev–Trinajstić information content (AvgIpc) is 2.04. The monoisotopic (exact) mass is 179 g/mol. The minimum Gasteiger partial charge on any atom is -0.258 e. The van der Waals surface area contributed by atoms with Crippen molar-refractivity contribution in [3.63, 3.8) is 0 Å². The van der Waals surface area contributed by atoms with E-state index in [4.69, 9.17) is 0 Å². The van der Waals surface area contributed by atoms with E-state index in [-0.39, 0.29) is 10.6 Å². The molecule has 70 valence electrons. The van der Waals surface area contributed by atoms with Gasteiger partial charge in [0.15, 0.2) is 0 Å². The van der Waals surface area contributed by atoms with E-state index in [9.17, 15) is 10.1 Å². The lowest BCUT2D eigenvalue weighted by molar-refractivity contribution is -0.384. The largest absolute Gasteiger partial charge is 0.269 e. The van der Waals surface area contributed by atoms with Gasteiger partial charge in [-0.05, 0) is 24.0 Å². The number of hydrogen-bond acceptors (Lipinski definition) is 2. The van der Waals surface area contributed by atoms with Gasteiger partial charge in [-0.15, -0.1) is 0 Å². The molecule has 0 spiro atoms. The number of non-ortho nitro benzene ring substituents is 1. The number of nitro benzene ring substituents is 1. The van der Waals surface area contributed by atoms with Crippen molar-refractivity contribution in [3.8, 4) is 0 Å². The summed E-state index contributed by atoms with van der Waals surface area (Å²) in [6.45, 7) is 6.04. The normalized spacial score (nSPS) is 10.5. The summed E-state index contributed by atoms with van der Waals surface area (Å²) in [6.07, 6.45) is 0. The van der Waals surface area contributed by atoms with Gasteiger partial charge < -0.3 is 0 Å². The first kappa shape index (κ1) is 9.71. The maximum atomic E-state index is 10.5. The summed E-state index contributed by atoms with van der Waals surface area (Å²) >= 11 is 0. The third kappa shape index (κ3) is 2.05. The lowest BCUT2D eigenvalue weighted by Gasteiger charge is -2.08. The summed E-state index contributed by atoms with van der Waals surface area (Å²) < 4.78 is 0. The Bertz CT molecular complexity index is 332. The van der Waals surface area contributed by atoms with E-state index in [2.05, 4.69) is 0 Å². The summed E-state index contributed by atoms with van der Waals surface area (Å²) in [7, 11) is 0. The second kappa shape index (κ2) is 3.56. The molecule has 3 nitrogen and oxygen atoms in total. The number of nitro groups is 1. The van der Waals surface area contributed by atoms with Crippen molar-refractivity contribution in [2.24, 2.45) is 0 Å². The highest BCUT2D eigenvalue weighted by molar-refractivity contribution is 5.40. The lowest BCUT2D eigenvalue weighted by atomic mass is 9.98. The highest BCUT2D eigenvalue weighted by Gasteiger charge is 2.10. The molecule has 0 N–H and O–H groups in total. The molecule has 0 fully saturated rings. The van der Waals surface area contributed by atoms with E-state index in [1.54, 1.807) is 18.2 Å². The van der Waals surface area contributed by atoms with Gasteiger partial charge in [0.1, 0.15) is 0 Å². The Morgan fingerprint density at radius 3 is 2.46 bits per heavy atom. The summed E-state index contributed by atoms with van der Waals surface area (Å²) in [5.74, 6) is 0.333. The fourth-order valence-electron chi connectivity index (χ4n) is 1.36. The predicted molar refractivity (Wildman–Crippen MR) is 51.9 cm³/mol. The van der Waals surface area contributed by atoms with Gasteiger partial charge in [-0.1, -0.05) is 19.9 Å². The van der Waals surface area contributed by atoms with Crippen LogP contribution in [0.2, 0.25) is 0 Å². The Balaban J connectivity index is 3.19. The predicted octanol–water partition coefficient (Wildman–Crippen LogP) is 3.03. The van der Waals surface area contributed by atoms with E-state index in [1.807, 2.05) is 20.8 Å². The van der Waals surface area contributed by atoms with Crippen LogP contribution in [0.25, 0.3) is 0 Å². The number of benzene rings is 1. The van der Waals surface area contributed by atoms with Crippen LogP contribution in [0.15, 0.2) is 18.2 Å². The van der Waals surface area contributed by atoms with Gasteiger partial charge in [0.25, 0.3) is 5.69 Å². The number of aryl methyl sites for hydroxylation is 1. The van der Waals surface area contributed by atoms with Gasteiger partial charge in [-0.3, -0.25) is 10.1 Å². The Morgan fingerprint density at radius 1 is 1.38 bits per heavy atom. The average molecular weight is 179 g/mol. The van der Waals surface area contributed by atoms with Gasteiger partial charge in [-0.2, -0.15) is 0 Å². The van der Waals surface area contributed by atoms with E-state index >= 15 is 0 Å². The molecule has 0 atom stereocenters. The first-order valence-electron chi connectivity index (χ1n) is 4.27. The molecule has 0 unspecified atom stereocenters. The lowest BCUT2D eigenvalue weighted by Crippen LogP contribution is -1.95. The van der Waals surface area contributed by atoms with E-state index in [0.717, 1.165) is 11.1 Å². The molecular formula is C10H13NO2. The van der Waals surface area contributed by atoms with Crippen molar-refractivity contribution in [1.82, 2.24) is 0 Å². The van der Waals surface area contributed by atoms with Crippen LogP contribution in [0.4, 0.5) is 5.69 Å². The molecule has 1 rings (SSSR count). The molecule has 3 heteroatoms. The summed E-state index contributed by atoms with van der Waals surface area (Å²) in [5, 5.41) is 10.5. The molecule has 0 aliphatic rings. The van der Waals surface area contributed by atoms with Gasteiger partial charge >= 0.3 is 0 Å². The topological polar surface area (TPSA) is 43.1 Å². The molecule has 1 aromatic rings. The standard InChI is InChI=1S/C10H13NO2/c1-7(2)10-6-9(11(12)13)5-4-8(10)3/h4-7H,1-3H3. The molecule has 1 aromatic carbocycles. The molecule has 0 radical (unpaired) electrons. The highest BCUT2D eigenvalue weighted by Crippen LogP contribution is 2.23. The smallest absolute Gasteiger partial charge is 0.258 e. The molecule has 0 heterocycles. The Morgan fingerprint density at radius 2 is 2.00 bits per heavy atom. The van der Waals surface area contributed by atoms with Gasteiger partial charge in [0, 0.05) is 12.1 Å². The number of hydrogen-bond donors (Lipinski definition) is 0. The third-order valence-electron chi connectivity index (χ3n) is 2.10. The first-order valence-corrected chi connectivity index (χ1v) is 4.27. The van der Waals surface area contributed by atoms with Crippen molar-refractivity contribution < 1.29 is 4.92 Å². The molecule has 0 aromatic heterocycles. The van der Waals surface area contributed by atoms with Crippen molar-refractivity contribution in [2.45, 2.75) is 26.7 Å². The van der Waals surface area contributed by atoms with Crippen molar-refractivity contribution >= 4 is 5.69 Å². The second-order valence-electron chi connectivity index (χ2n) is 3.45. The van der Waals surface area contributed by atoms with Crippen molar-refractivity contribution in [2.75, 3.05) is 0 Å². The van der Waals surface area contributed by atoms with Crippen molar-refractivity contribution in [1.29, 1.82) is 0 Å². The summed E-state index contributed by atoms with van der Waals surface area (Å²) in [6, 6.07) is 4.99. The zero-order chi connectivity index (χ0) is 10.0. The van der Waals surface area contributed by atoms with Crippen LogP contribution in [0.5, 0.6) is 0 Å². The molecule has 0 saturated heterocycles. The van der Waals surface area contributed by atoms with Crippen molar-refractivity contribution in [3.05, 3.63) is 39.4 Å². The fourth-order valence-corrected chi connectivity index (χ4v) is 1.36. The molecule has 0 amide bonds. The first-order chi connectivity index (χ1) is 6.02. The van der Waals surface area contributed by atoms with Gasteiger partial charge in [0.2, 0.25) is 0 Å². The number of rotatable bonds is 2. The maximum Gasteiger partial charge on any atom is 0.269 e. The Kier molecular flexibility index (Phi) is 2.66. The molecule has 0 saturated carbocycles. The third-order valence-corrected chi connectivity index (χ3v) is 2.10. The second-order valence-corrected chi connectivity index (χ2v) is 3.45. The van der Waals surface area contributed by atoms with E-state index in [0.29, 0.717) is 5.92 Å². The molecule has 0 bridgehead atoms. The maximum absolute atomic E-state index is 10.5. The quantitative estimate of drug-likeness (QED) is 0.517. The Hall–Kier alpha value is -1.38. The van der Waals surface area contributed by atoms with Gasteiger partial charge in [-0.25, -0.2) is 0 Å². The minimum absolute atomic E-state index is 0.175. The fraction of sp³-hybridized carbons (Fsp3) is 0.400. The zero-order valence-corrected chi connectivity index (χ0v) is 8.07. The van der Waals surface area contributed by atoms with Crippen LogP contribution in [-0.2, 0) is 0 Å². The Labute approximate surface area is 77.5 Å². The molecule has 13 heavy (non-hydrogen) atoms. The molecular weight excluding hydrogens is 166 g/mol. The van der Waals surface area contributed by atoms with E-state index in [1.165, 1.54) is 0 Å². The SMILES string of the molecule is Cc1ccc([N+](=O)[O-])cc1C(C)C. The van der Waals surface area contributed by atoms with Crippen LogP contribution in [0.1, 0.15) is 30.9 Å². The van der Waals surface area contributed by atoms with Crippen LogP contribution in [0, 0.1) is 17.0 Å². The van der Waals surface area contributed by atoms with E-state index < -0.39 is 0 Å². The molecule has 0 aliphatic heterocycles. The number of nitrogens with zero attached hydrogens (tertiary/aromatic N) is 1. The molecule has 0 aliphatic carbocycles. The minimum atomic E-state index is -0.356. The van der Waals surface area contributed by atoms with Crippen LogP contribution in [0.3, 0.4) is 0 Å². The highest BCUT2D eigenvalue weighted by atomic mass is 16.6. The van der Waals surface area contributed by atoms with Crippen LogP contribution in [-0.4, -0.2) is 4.92 Å². The van der Waals surface area contributed by atoms with Gasteiger partial charge in [0.05, 0.1) is 4.92 Å². The zero-order valence-electron chi connectivity index (χ0n) is 8.07. The van der Waals surface area contributed by atoms with Crippen LogP contribution >= 0.6 is 0 Å². The summed E-state index contributed by atoms with van der Waals surface area (Å²) in [4.78, 5) is 10.1. The van der Waals surface area contributed by atoms with Crippen LogP contribution < -0.4 is 0 Å².